The summed E-state index contributed by atoms with van der Waals surface area (Å²) in [6.07, 6.45) is -2.09. The SMILES string of the molecule is CCS(=O)(=O)c1ccc([C@H](NC(=O)c2cnc3c(c2)CN(CC2CCC(C(F)(F)F)CC2)[C@H]3C(C)C)[C@@H](C)O)cc1. The Morgan fingerprint density at radius 2 is 1.76 bits per heavy atom. The number of halogens is 3. The highest BCUT2D eigenvalue weighted by molar-refractivity contribution is 7.91. The number of hydrogen-bond donors (Lipinski definition) is 2. The first-order valence-electron chi connectivity index (χ1n) is 14.3. The van der Waals surface area contributed by atoms with Crippen LogP contribution in [0.2, 0.25) is 0 Å². The van der Waals surface area contributed by atoms with Crippen molar-refractivity contribution in [3.8, 4) is 0 Å². The zero-order valence-electron chi connectivity index (χ0n) is 24.0. The lowest BCUT2D eigenvalue weighted by molar-refractivity contribution is -0.184. The van der Waals surface area contributed by atoms with Crippen molar-refractivity contribution < 1.29 is 31.5 Å². The van der Waals surface area contributed by atoms with Gasteiger partial charge in [0.05, 0.1) is 46.0 Å². The number of fused-ring (bicyclic) bond motifs is 1. The second-order valence-corrected chi connectivity index (χ2v) is 14.1. The van der Waals surface area contributed by atoms with Crippen LogP contribution in [0.15, 0.2) is 41.4 Å². The number of carbonyl (C=O) groups is 1. The van der Waals surface area contributed by atoms with Crippen LogP contribution in [0.5, 0.6) is 0 Å². The fourth-order valence-corrected chi connectivity index (χ4v) is 7.09. The van der Waals surface area contributed by atoms with E-state index in [2.05, 4.69) is 29.0 Å². The molecule has 1 fully saturated rings. The van der Waals surface area contributed by atoms with Crippen molar-refractivity contribution in [3.05, 3.63) is 58.9 Å². The second kappa shape index (κ2) is 12.4. The van der Waals surface area contributed by atoms with Crippen molar-refractivity contribution in [1.29, 1.82) is 0 Å². The molecule has 7 nitrogen and oxygen atoms in total. The standard InChI is InChI=1S/C30H40F3N3O4S/c1-5-41(39,40)25-12-8-21(9-13-25)26(19(4)37)35-29(38)22-14-23-17-36(28(18(2)3)27(23)34-15-22)16-20-6-10-24(11-7-20)30(31,32)33/h8-9,12-15,18-20,24,26,28,37H,5-7,10-11,16-17H2,1-4H3,(H,35,38)/t19-,20?,24?,26-,28+/m1/s1. The topological polar surface area (TPSA) is 99.6 Å². The van der Waals surface area contributed by atoms with E-state index in [-0.39, 0.29) is 41.4 Å². The molecule has 1 saturated carbocycles. The first-order chi connectivity index (χ1) is 19.2. The molecule has 4 rings (SSSR count). The molecule has 2 heterocycles. The van der Waals surface area contributed by atoms with Gasteiger partial charge in [-0.25, -0.2) is 8.42 Å². The summed E-state index contributed by atoms with van der Waals surface area (Å²) in [6, 6.07) is 7.20. The molecule has 2 N–H and O–H groups in total. The summed E-state index contributed by atoms with van der Waals surface area (Å²) in [7, 11) is -3.37. The summed E-state index contributed by atoms with van der Waals surface area (Å²) in [5.41, 5.74) is 2.72. The third-order valence-electron chi connectivity index (χ3n) is 8.49. The first-order valence-corrected chi connectivity index (χ1v) is 16.0. The summed E-state index contributed by atoms with van der Waals surface area (Å²) < 4.78 is 63.7. The Hall–Kier alpha value is -2.50. The Morgan fingerprint density at radius 3 is 2.29 bits per heavy atom. The van der Waals surface area contributed by atoms with Crippen molar-refractivity contribution in [2.24, 2.45) is 17.8 Å². The molecule has 1 amide bonds. The van der Waals surface area contributed by atoms with Gasteiger partial charge in [0.2, 0.25) is 0 Å². The summed E-state index contributed by atoms with van der Waals surface area (Å²) in [4.78, 5) is 20.4. The van der Waals surface area contributed by atoms with Gasteiger partial charge in [-0.3, -0.25) is 14.7 Å². The molecule has 0 spiro atoms. The molecule has 0 bridgehead atoms. The Kier molecular flexibility index (Phi) is 9.50. The number of aromatic nitrogens is 1. The number of rotatable bonds is 9. The number of hydrogen-bond acceptors (Lipinski definition) is 6. The van der Waals surface area contributed by atoms with E-state index in [1.54, 1.807) is 26.0 Å². The number of aliphatic hydroxyl groups excluding tert-OH is 1. The van der Waals surface area contributed by atoms with E-state index in [4.69, 9.17) is 0 Å². The Labute approximate surface area is 240 Å². The monoisotopic (exact) mass is 595 g/mol. The molecule has 1 aromatic carbocycles. The molecule has 11 heteroatoms. The van der Waals surface area contributed by atoms with Gasteiger partial charge >= 0.3 is 6.18 Å². The minimum Gasteiger partial charge on any atom is -0.391 e. The summed E-state index contributed by atoms with van der Waals surface area (Å²) in [5.74, 6) is -1.22. The third-order valence-corrected chi connectivity index (χ3v) is 10.2. The molecule has 0 radical (unpaired) electrons. The van der Waals surface area contributed by atoms with Gasteiger partial charge in [-0.1, -0.05) is 32.9 Å². The Bertz CT molecular complexity index is 1320. The largest absolute Gasteiger partial charge is 0.391 e. The number of nitrogens with one attached hydrogen (secondary N) is 1. The molecule has 1 aromatic heterocycles. The maximum Gasteiger partial charge on any atom is 0.391 e. The molecule has 1 aliphatic heterocycles. The van der Waals surface area contributed by atoms with E-state index in [1.165, 1.54) is 18.3 Å². The predicted octanol–water partition coefficient (Wildman–Crippen LogP) is 5.61. The quantitative estimate of drug-likeness (QED) is 0.391. The van der Waals surface area contributed by atoms with E-state index >= 15 is 0 Å². The van der Waals surface area contributed by atoms with E-state index in [0.29, 0.717) is 37.1 Å². The van der Waals surface area contributed by atoms with E-state index in [0.717, 1.165) is 11.3 Å². The van der Waals surface area contributed by atoms with Crippen LogP contribution in [0, 0.1) is 17.8 Å². The van der Waals surface area contributed by atoms with Gasteiger partial charge in [0.15, 0.2) is 9.84 Å². The molecular weight excluding hydrogens is 555 g/mol. The minimum atomic E-state index is -4.12. The lowest BCUT2D eigenvalue weighted by atomic mass is 9.81. The smallest absolute Gasteiger partial charge is 0.391 e. The number of alkyl halides is 3. The molecule has 0 saturated heterocycles. The number of pyridine rings is 1. The number of amides is 1. The lowest BCUT2D eigenvalue weighted by Gasteiger charge is -2.35. The van der Waals surface area contributed by atoms with Crippen molar-refractivity contribution in [3.63, 3.8) is 0 Å². The van der Waals surface area contributed by atoms with Gasteiger partial charge in [-0.2, -0.15) is 13.2 Å². The lowest BCUT2D eigenvalue weighted by Crippen LogP contribution is -2.35. The average molecular weight is 596 g/mol. The maximum absolute atomic E-state index is 13.3. The highest BCUT2D eigenvalue weighted by Crippen LogP contribution is 2.43. The van der Waals surface area contributed by atoms with Crippen LogP contribution in [0.25, 0.3) is 0 Å². The minimum absolute atomic E-state index is 0.0191. The third kappa shape index (κ3) is 7.11. The summed E-state index contributed by atoms with van der Waals surface area (Å²) in [6.45, 7) is 8.57. The van der Waals surface area contributed by atoms with Crippen LogP contribution < -0.4 is 5.32 Å². The number of carbonyl (C=O) groups excluding carboxylic acids is 1. The van der Waals surface area contributed by atoms with Gasteiger partial charge in [0, 0.05) is 19.3 Å². The first kappa shape index (κ1) is 31.4. The van der Waals surface area contributed by atoms with Gasteiger partial charge in [-0.05, 0) is 73.8 Å². The fraction of sp³-hybridized carbons (Fsp3) is 0.600. The molecule has 41 heavy (non-hydrogen) atoms. The number of benzene rings is 1. The van der Waals surface area contributed by atoms with Crippen LogP contribution in [0.1, 0.15) is 92.6 Å². The maximum atomic E-state index is 13.3. The normalized spacial score (nSPS) is 23.3. The predicted molar refractivity (Wildman–Crippen MR) is 150 cm³/mol. The van der Waals surface area contributed by atoms with Crippen molar-refractivity contribution in [1.82, 2.24) is 15.2 Å². The van der Waals surface area contributed by atoms with Crippen molar-refractivity contribution >= 4 is 15.7 Å². The molecule has 2 aliphatic rings. The van der Waals surface area contributed by atoms with E-state index < -0.39 is 40.0 Å². The molecule has 3 atom stereocenters. The van der Waals surface area contributed by atoms with Crippen LogP contribution >= 0.6 is 0 Å². The van der Waals surface area contributed by atoms with Crippen molar-refractivity contribution in [2.75, 3.05) is 12.3 Å². The Balaban J connectivity index is 1.47. The van der Waals surface area contributed by atoms with Gasteiger partial charge in [-0.15, -0.1) is 0 Å². The van der Waals surface area contributed by atoms with Crippen LogP contribution in [-0.4, -0.2) is 53.9 Å². The van der Waals surface area contributed by atoms with Gasteiger partial charge in [0.1, 0.15) is 0 Å². The molecule has 1 aliphatic carbocycles. The number of aliphatic hydroxyl groups is 1. The van der Waals surface area contributed by atoms with Gasteiger partial charge in [0.25, 0.3) is 5.91 Å². The zero-order chi connectivity index (χ0) is 30.1. The molecule has 2 aromatic rings. The van der Waals surface area contributed by atoms with E-state index in [9.17, 15) is 31.5 Å². The number of nitrogens with zero attached hydrogens (tertiary/aromatic N) is 2. The molecule has 0 unspecified atom stereocenters. The van der Waals surface area contributed by atoms with E-state index in [1.807, 2.05) is 6.07 Å². The molecular formula is C30H40F3N3O4S. The second-order valence-electron chi connectivity index (χ2n) is 11.8. The fourth-order valence-electron chi connectivity index (χ4n) is 6.20. The summed E-state index contributed by atoms with van der Waals surface area (Å²) in [5, 5.41) is 13.3. The highest BCUT2D eigenvalue weighted by atomic mass is 32.2. The Morgan fingerprint density at radius 1 is 1.12 bits per heavy atom. The van der Waals surface area contributed by atoms with Crippen LogP contribution in [-0.2, 0) is 16.4 Å². The van der Waals surface area contributed by atoms with Crippen LogP contribution in [0.4, 0.5) is 13.2 Å². The number of sulfone groups is 1. The van der Waals surface area contributed by atoms with Crippen molar-refractivity contribution in [2.45, 2.75) is 89.2 Å². The van der Waals surface area contributed by atoms with Crippen LogP contribution in [0.3, 0.4) is 0 Å². The zero-order valence-corrected chi connectivity index (χ0v) is 24.8. The molecule has 226 valence electrons. The highest BCUT2D eigenvalue weighted by Gasteiger charge is 2.42. The summed E-state index contributed by atoms with van der Waals surface area (Å²) >= 11 is 0. The van der Waals surface area contributed by atoms with Gasteiger partial charge < -0.3 is 10.4 Å². The average Bonchev–Trinajstić information content (AvgIpc) is 3.28.